The zero-order chi connectivity index (χ0) is 52.2. The largest absolute Gasteiger partial charge is 0.445 e. The van der Waals surface area contributed by atoms with Crippen LogP contribution in [0.1, 0.15) is 119 Å². The number of urea groups is 1. The van der Waals surface area contributed by atoms with Crippen LogP contribution in [0, 0.1) is 29.1 Å². The Kier molecular flexibility index (Phi) is 24.1. The molecule has 6 atom stereocenters. The number of nitrogens with one attached hydrogen (secondary N) is 6. The van der Waals surface area contributed by atoms with E-state index in [2.05, 4.69) is 52.3 Å². The summed E-state index contributed by atoms with van der Waals surface area (Å²) >= 11 is 0. The van der Waals surface area contributed by atoms with Gasteiger partial charge in [0.1, 0.15) is 30.8 Å². The lowest BCUT2D eigenvalue weighted by atomic mass is 9.71. The molecule has 0 spiro atoms. The van der Waals surface area contributed by atoms with E-state index in [0.717, 1.165) is 12.0 Å². The van der Waals surface area contributed by atoms with Crippen molar-refractivity contribution in [3.05, 3.63) is 54.1 Å². The molecule has 0 radical (unpaired) electrons. The molecule has 1 aliphatic heterocycles. The second-order valence-corrected chi connectivity index (χ2v) is 19.4. The number of anilines is 1. The molecule has 1 aliphatic rings. The summed E-state index contributed by atoms with van der Waals surface area (Å²) in [6, 6.07) is 1.76. The number of primary amides is 1. The highest BCUT2D eigenvalue weighted by atomic mass is 16.6. The lowest BCUT2D eigenvalue weighted by Gasteiger charge is -2.32. The van der Waals surface area contributed by atoms with Crippen molar-refractivity contribution < 1.29 is 47.9 Å². The SMILES string of the molecule is C=CC(C)(CC(C)C)C1CC(=O)N(CCCCCC(=O)N[C@H](C(=O)N[C@@H](CCCNC(N)=O)C(=O)Nc2ccc(COC(=O)N(C)C(C(=O)N[C@@H](C=C(C)C)C(=O)NC)C(C)C)cc2)C(C)C)C1=O. The molecule has 1 saturated heterocycles. The topological polar surface area (TPSA) is 268 Å². The number of likely N-dealkylation sites (N-methyl/N-ethyl adjacent to an activating group) is 2. The zero-order valence-electron chi connectivity index (χ0n) is 42.6. The van der Waals surface area contributed by atoms with Crippen molar-refractivity contribution in [2.45, 2.75) is 144 Å². The maximum atomic E-state index is 13.7. The number of unbranched alkanes of at least 4 members (excludes halogenated alkanes) is 2. The molecule has 19 heteroatoms. The van der Waals surface area contributed by atoms with Crippen molar-refractivity contribution in [2.24, 2.45) is 34.8 Å². The maximum Gasteiger partial charge on any atom is 0.410 e. The van der Waals surface area contributed by atoms with Gasteiger partial charge in [-0.1, -0.05) is 84.7 Å². The van der Waals surface area contributed by atoms with Crippen molar-refractivity contribution in [2.75, 3.05) is 32.5 Å². The highest BCUT2D eigenvalue weighted by Crippen LogP contribution is 2.42. The van der Waals surface area contributed by atoms with Gasteiger partial charge in [-0.25, -0.2) is 9.59 Å². The summed E-state index contributed by atoms with van der Waals surface area (Å²) in [5.41, 5.74) is 6.49. The second kappa shape index (κ2) is 28.3. The fourth-order valence-electron chi connectivity index (χ4n) is 8.35. The molecule has 19 nitrogen and oxygen atoms in total. The van der Waals surface area contributed by atoms with E-state index >= 15 is 0 Å². The summed E-state index contributed by atoms with van der Waals surface area (Å²) in [5.74, 6) is -3.62. The minimum Gasteiger partial charge on any atom is -0.445 e. The predicted octanol–water partition coefficient (Wildman–Crippen LogP) is 4.66. The van der Waals surface area contributed by atoms with Crippen LogP contribution in [0.5, 0.6) is 0 Å². The van der Waals surface area contributed by atoms with Gasteiger partial charge in [0.15, 0.2) is 0 Å². The normalized spacial score (nSPS) is 16.1. The minimum atomic E-state index is -1.08. The van der Waals surface area contributed by atoms with Crippen molar-refractivity contribution in [1.29, 1.82) is 0 Å². The maximum absolute atomic E-state index is 13.7. The zero-order valence-corrected chi connectivity index (χ0v) is 42.6. The van der Waals surface area contributed by atoms with Crippen molar-refractivity contribution >= 4 is 59.2 Å². The molecule has 384 valence electrons. The number of allylic oxidation sites excluding steroid dienone is 2. The van der Waals surface area contributed by atoms with Crippen LogP contribution < -0.4 is 37.6 Å². The summed E-state index contributed by atoms with van der Waals surface area (Å²) < 4.78 is 5.52. The number of ether oxygens (including phenoxy) is 1. The number of hydrogen-bond acceptors (Lipinski definition) is 10. The highest BCUT2D eigenvalue weighted by molar-refractivity contribution is 6.04. The van der Waals surface area contributed by atoms with E-state index in [1.165, 1.54) is 23.9 Å². The molecule has 1 aromatic carbocycles. The van der Waals surface area contributed by atoms with Crippen LogP contribution >= 0.6 is 0 Å². The first kappa shape index (κ1) is 58.9. The number of likely N-dealkylation sites (tertiary alicyclic amines) is 1. The molecule has 3 unspecified atom stereocenters. The summed E-state index contributed by atoms with van der Waals surface area (Å²) in [6.45, 7) is 21.0. The first-order valence-corrected chi connectivity index (χ1v) is 23.9. The molecule has 0 aromatic heterocycles. The standard InChI is InChI=1S/C50H79N9O10/c1-13-50(10,28-31(4)5)36-27-40(61)59(47(36)66)25-16-14-15-19-39(60)57-41(32(6)7)45(64)55-37(18-17-24-53-48(51)67)44(63)54-35-22-20-34(21-23-35)29-69-49(68)58(12)42(33(8)9)46(65)56-38(26-30(2)3)43(62)52-11/h13,20-23,26,31-33,36-38,41-42H,1,14-19,24-25,27-29H2,2-12H3,(H,52,62)(H,54,63)(H,55,64)(H,56,65)(H,57,60)(H3,51,53,67)/t36?,37-,38-,41-,42?,50?/m0/s1. The monoisotopic (exact) mass is 966 g/mol. The summed E-state index contributed by atoms with van der Waals surface area (Å²) in [7, 11) is 2.90. The van der Waals surface area contributed by atoms with Gasteiger partial charge in [-0.15, -0.1) is 6.58 Å². The van der Waals surface area contributed by atoms with Crippen molar-refractivity contribution in [3.8, 4) is 0 Å². The van der Waals surface area contributed by atoms with Crippen LogP contribution in [0.25, 0.3) is 0 Å². The average molecular weight is 966 g/mol. The Morgan fingerprint density at radius 2 is 1.54 bits per heavy atom. The van der Waals surface area contributed by atoms with Crippen LogP contribution in [0.3, 0.4) is 0 Å². The molecule has 10 amide bonds. The Labute approximate surface area is 408 Å². The predicted molar refractivity (Wildman–Crippen MR) is 264 cm³/mol. The minimum absolute atomic E-state index is 0.103. The Morgan fingerprint density at radius 1 is 0.884 bits per heavy atom. The van der Waals surface area contributed by atoms with E-state index < -0.39 is 71.3 Å². The van der Waals surface area contributed by atoms with Crippen LogP contribution in [-0.4, -0.2) is 115 Å². The molecule has 2 rings (SSSR count). The second-order valence-electron chi connectivity index (χ2n) is 19.4. The van der Waals surface area contributed by atoms with E-state index in [4.69, 9.17) is 10.5 Å². The molecule has 0 saturated carbocycles. The number of benzene rings is 1. The van der Waals surface area contributed by atoms with Gasteiger partial charge < -0.3 is 42.4 Å². The lowest BCUT2D eigenvalue weighted by molar-refractivity contribution is -0.140. The van der Waals surface area contributed by atoms with E-state index in [-0.39, 0.29) is 74.9 Å². The van der Waals surface area contributed by atoms with Crippen LogP contribution in [0.15, 0.2) is 48.6 Å². The van der Waals surface area contributed by atoms with E-state index in [0.29, 0.717) is 36.4 Å². The molecule has 8 N–H and O–H groups in total. The van der Waals surface area contributed by atoms with Crippen molar-refractivity contribution in [3.63, 3.8) is 0 Å². The van der Waals surface area contributed by atoms with Gasteiger partial charge in [-0.3, -0.25) is 43.4 Å². The number of amides is 10. The fourth-order valence-corrected chi connectivity index (χ4v) is 8.35. The lowest BCUT2D eigenvalue weighted by Crippen LogP contribution is -2.55. The summed E-state index contributed by atoms with van der Waals surface area (Å²) in [5, 5.41) is 16.0. The Balaban J connectivity index is 2.03. The van der Waals surface area contributed by atoms with Gasteiger partial charge in [-0.2, -0.15) is 0 Å². The van der Waals surface area contributed by atoms with Gasteiger partial charge in [-0.05, 0) is 86.8 Å². The smallest absolute Gasteiger partial charge is 0.410 e. The van der Waals surface area contributed by atoms with Crippen LogP contribution in [0.2, 0.25) is 0 Å². The van der Waals surface area contributed by atoms with Gasteiger partial charge >= 0.3 is 12.1 Å². The Hall–Kier alpha value is -6.27. The fraction of sp³-hybridized carbons (Fsp3) is 0.620. The van der Waals surface area contributed by atoms with Gasteiger partial charge in [0.05, 0.1) is 5.92 Å². The van der Waals surface area contributed by atoms with Gasteiger partial charge in [0.25, 0.3) is 0 Å². The number of nitrogens with zero attached hydrogens (tertiary/aromatic N) is 2. The number of imide groups is 1. The van der Waals surface area contributed by atoms with Gasteiger partial charge in [0.2, 0.25) is 41.4 Å². The number of carbonyl (C=O) groups is 9. The molecular formula is C50H79N9O10. The van der Waals surface area contributed by atoms with Crippen LogP contribution in [0.4, 0.5) is 15.3 Å². The van der Waals surface area contributed by atoms with E-state index in [1.54, 1.807) is 78.0 Å². The first-order valence-electron chi connectivity index (χ1n) is 23.9. The Bertz CT molecular complexity index is 2000. The van der Waals surface area contributed by atoms with E-state index in [1.807, 2.05) is 6.92 Å². The third-order valence-corrected chi connectivity index (χ3v) is 12.0. The Morgan fingerprint density at radius 3 is 2.09 bits per heavy atom. The van der Waals surface area contributed by atoms with Crippen molar-refractivity contribution in [1.82, 2.24) is 36.4 Å². The van der Waals surface area contributed by atoms with Crippen LogP contribution in [-0.2, 0) is 44.9 Å². The summed E-state index contributed by atoms with van der Waals surface area (Å²) in [4.78, 5) is 119. The molecule has 69 heavy (non-hydrogen) atoms. The number of carbonyl (C=O) groups excluding carboxylic acids is 9. The molecule has 1 heterocycles. The third-order valence-electron chi connectivity index (χ3n) is 12.0. The quantitative estimate of drug-likeness (QED) is 0.0347. The summed E-state index contributed by atoms with van der Waals surface area (Å²) in [6.07, 6.45) is 5.59. The average Bonchev–Trinajstić information content (AvgIpc) is 3.56. The molecular weight excluding hydrogens is 887 g/mol. The molecule has 0 bridgehead atoms. The van der Waals surface area contributed by atoms with E-state index in [9.17, 15) is 43.2 Å². The first-order chi connectivity index (χ1) is 32.3. The third kappa shape index (κ3) is 19.0. The molecule has 0 aliphatic carbocycles. The number of hydrogen-bond donors (Lipinski definition) is 7. The number of rotatable bonds is 28. The highest BCUT2D eigenvalue weighted by Gasteiger charge is 2.47. The molecule has 1 fully saturated rings. The molecule has 1 aromatic rings. The van der Waals surface area contributed by atoms with Gasteiger partial charge in [0, 0.05) is 45.7 Å². The number of nitrogens with two attached hydrogens (primary N) is 1.